The Morgan fingerprint density at radius 2 is 1.76 bits per heavy atom. The molecule has 2 aromatic carbocycles. The fourth-order valence-electron chi connectivity index (χ4n) is 4.75. The highest BCUT2D eigenvalue weighted by molar-refractivity contribution is 7.21. The Morgan fingerprint density at radius 3 is 2.56 bits per heavy atom. The van der Waals surface area contributed by atoms with E-state index in [0.29, 0.717) is 0 Å². The predicted molar refractivity (Wildman–Crippen MR) is 113 cm³/mol. The molecule has 0 heterocycles. The summed E-state index contributed by atoms with van der Waals surface area (Å²) >= 11 is 7.31. The zero-order valence-corrected chi connectivity index (χ0v) is 16.8. The van der Waals surface area contributed by atoms with Gasteiger partial charge in [0.2, 0.25) is 0 Å². The molecule has 2 aliphatic rings. The zero-order valence-electron chi connectivity index (χ0n) is 15.0. The fraction of sp³-hybridized carbons (Fsp3) is 0.217. The Hall–Kier alpha value is -1.83. The van der Waals surface area contributed by atoms with E-state index in [1.165, 1.54) is 33.1 Å². The molecule has 2 heteroatoms. The molecule has 25 heavy (non-hydrogen) atoms. The molecule has 0 spiro atoms. The smallest absolute Gasteiger partial charge is 0.166 e. The van der Waals surface area contributed by atoms with Crippen molar-refractivity contribution in [3.63, 3.8) is 0 Å². The number of halogens is 1. The van der Waals surface area contributed by atoms with E-state index in [4.69, 9.17) is 11.1 Å². The Kier molecular flexibility index (Phi) is 3.90. The molecule has 126 valence electrons. The molecular weight excluding hydrogens is 340 g/mol. The summed E-state index contributed by atoms with van der Waals surface area (Å²) in [6.45, 7) is 6.84. The van der Waals surface area contributed by atoms with E-state index in [-0.39, 0.29) is 5.04 Å². The van der Waals surface area contributed by atoms with Crippen LogP contribution in [-0.2, 0) is 5.04 Å². The van der Waals surface area contributed by atoms with E-state index in [1.54, 1.807) is 0 Å². The van der Waals surface area contributed by atoms with Crippen molar-refractivity contribution in [2.24, 2.45) is 0 Å². The first kappa shape index (κ1) is 16.6. The molecule has 2 aliphatic carbocycles. The first-order valence-corrected chi connectivity index (χ1v) is 12.9. The normalized spacial score (nSPS) is 23.0. The minimum absolute atomic E-state index is 0.187. The quantitative estimate of drug-likeness (QED) is 0.405. The second kappa shape index (κ2) is 5.86. The molecule has 0 saturated carbocycles. The minimum atomic E-state index is -2.16. The van der Waals surface area contributed by atoms with Gasteiger partial charge in [0, 0.05) is 0 Å². The van der Waals surface area contributed by atoms with Crippen LogP contribution in [0.5, 0.6) is 0 Å². The Bertz CT molecular complexity index is 964. The predicted octanol–water partition coefficient (Wildman–Crippen LogP) is 6.83. The standard InChI is InChI=1S/C23H23ClSi/c1-17-16-19-11-5-4-6-14-21(19)23(17,25(2,3)24)22-15-9-12-18-10-7-8-13-20(18)22/h4-10,12-16H,11H2,1-3H3. The molecular formula is C23H23ClSi. The lowest BCUT2D eigenvalue weighted by Crippen LogP contribution is -2.49. The van der Waals surface area contributed by atoms with Crippen LogP contribution in [0.3, 0.4) is 0 Å². The van der Waals surface area contributed by atoms with Gasteiger partial charge in [0.25, 0.3) is 0 Å². The summed E-state index contributed by atoms with van der Waals surface area (Å²) in [5.74, 6) is 0. The lowest BCUT2D eigenvalue weighted by molar-refractivity contribution is 0.841. The number of benzene rings is 2. The van der Waals surface area contributed by atoms with Gasteiger partial charge in [0.05, 0.1) is 5.04 Å². The lowest BCUT2D eigenvalue weighted by atomic mass is 9.83. The molecule has 0 bridgehead atoms. The van der Waals surface area contributed by atoms with E-state index < -0.39 is 7.38 Å². The van der Waals surface area contributed by atoms with Gasteiger partial charge in [0.15, 0.2) is 7.38 Å². The molecule has 4 rings (SSSR count). The second-order valence-corrected chi connectivity index (χ2v) is 14.0. The number of fused-ring (bicyclic) bond motifs is 1. The van der Waals surface area contributed by atoms with Gasteiger partial charge in [-0.15, -0.1) is 0 Å². The molecule has 1 unspecified atom stereocenters. The lowest BCUT2D eigenvalue weighted by Gasteiger charge is -2.43. The van der Waals surface area contributed by atoms with Gasteiger partial charge in [-0.05, 0) is 40.8 Å². The van der Waals surface area contributed by atoms with Gasteiger partial charge in [-0.1, -0.05) is 91.5 Å². The summed E-state index contributed by atoms with van der Waals surface area (Å²) in [7, 11) is -2.16. The third kappa shape index (κ3) is 2.33. The first-order chi connectivity index (χ1) is 12.0. The highest BCUT2D eigenvalue weighted by atomic mass is 35.6. The number of allylic oxidation sites excluding steroid dienone is 8. The van der Waals surface area contributed by atoms with E-state index in [1.807, 2.05) is 0 Å². The van der Waals surface area contributed by atoms with Gasteiger partial charge in [-0.2, -0.15) is 11.1 Å². The molecule has 0 amide bonds. The highest BCUT2D eigenvalue weighted by Gasteiger charge is 2.54. The van der Waals surface area contributed by atoms with Crippen molar-refractivity contribution < 1.29 is 0 Å². The van der Waals surface area contributed by atoms with Gasteiger partial charge in [-0.25, -0.2) is 0 Å². The van der Waals surface area contributed by atoms with Gasteiger partial charge in [0.1, 0.15) is 0 Å². The number of hydrogen-bond donors (Lipinski definition) is 0. The van der Waals surface area contributed by atoms with E-state index in [9.17, 15) is 0 Å². The first-order valence-electron chi connectivity index (χ1n) is 8.89. The Balaban J connectivity index is 2.12. The average Bonchev–Trinajstić information content (AvgIpc) is 2.71. The molecule has 0 radical (unpaired) electrons. The van der Waals surface area contributed by atoms with Crippen molar-refractivity contribution in [1.29, 1.82) is 0 Å². The zero-order chi connectivity index (χ0) is 17.7. The van der Waals surface area contributed by atoms with Crippen LogP contribution in [0.25, 0.3) is 10.8 Å². The minimum Gasteiger partial charge on any atom is -0.166 e. The summed E-state index contributed by atoms with van der Waals surface area (Å²) in [5.41, 5.74) is 5.57. The average molecular weight is 363 g/mol. The molecule has 0 aromatic heterocycles. The van der Waals surface area contributed by atoms with Crippen LogP contribution >= 0.6 is 11.1 Å². The van der Waals surface area contributed by atoms with Gasteiger partial charge >= 0.3 is 0 Å². The number of hydrogen-bond acceptors (Lipinski definition) is 0. The van der Waals surface area contributed by atoms with Gasteiger partial charge < -0.3 is 0 Å². The van der Waals surface area contributed by atoms with E-state index >= 15 is 0 Å². The van der Waals surface area contributed by atoms with Crippen molar-refractivity contribution in [2.45, 2.75) is 31.5 Å². The van der Waals surface area contributed by atoms with Gasteiger partial charge in [-0.3, -0.25) is 0 Å². The molecule has 0 nitrogen and oxygen atoms in total. The number of rotatable bonds is 2. The Labute approximate surface area is 155 Å². The van der Waals surface area contributed by atoms with Crippen LogP contribution in [0.15, 0.2) is 89.6 Å². The van der Waals surface area contributed by atoms with Crippen LogP contribution in [0.2, 0.25) is 13.1 Å². The van der Waals surface area contributed by atoms with Crippen LogP contribution in [-0.4, -0.2) is 7.38 Å². The topological polar surface area (TPSA) is 0 Å². The molecule has 0 aliphatic heterocycles. The maximum absolute atomic E-state index is 7.31. The van der Waals surface area contributed by atoms with Crippen molar-refractivity contribution in [1.82, 2.24) is 0 Å². The maximum atomic E-state index is 7.31. The van der Waals surface area contributed by atoms with Crippen molar-refractivity contribution in [3.8, 4) is 0 Å². The Morgan fingerprint density at radius 1 is 1.00 bits per heavy atom. The van der Waals surface area contributed by atoms with Crippen LogP contribution in [0.1, 0.15) is 18.9 Å². The van der Waals surface area contributed by atoms with E-state index in [0.717, 1.165) is 6.42 Å². The monoisotopic (exact) mass is 362 g/mol. The van der Waals surface area contributed by atoms with Crippen LogP contribution < -0.4 is 0 Å². The second-order valence-electron chi connectivity index (χ2n) is 7.51. The van der Waals surface area contributed by atoms with E-state index in [2.05, 4.69) is 92.9 Å². The summed E-state index contributed by atoms with van der Waals surface area (Å²) in [5, 5.41) is 2.41. The summed E-state index contributed by atoms with van der Waals surface area (Å²) in [6, 6.07) is 15.4. The summed E-state index contributed by atoms with van der Waals surface area (Å²) in [4.78, 5) is 0. The van der Waals surface area contributed by atoms with Crippen LogP contribution in [0.4, 0.5) is 0 Å². The van der Waals surface area contributed by atoms with Crippen molar-refractivity contribution in [2.75, 3.05) is 0 Å². The van der Waals surface area contributed by atoms with Crippen molar-refractivity contribution >= 4 is 29.2 Å². The summed E-state index contributed by atoms with van der Waals surface area (Å²) in [6.07, 6.45) is 12.2. The third-order valence-corrected chi connectivity index (χ3v) is 9.23. The largest absolute Gasteiger partial charge is 0.169 e. The maximum Gasteiger partial charge on any atom is 0.169 e. The third-order valence-electron chi connectivity index (χ3n) is 5.67. The molecule has 0 N–H and O–H groups in total. The fourth-order valence-corrected chi connectivity index (χ4v) is 8.56. The molecule has 0 saturated heterocycles. The summed E-state index contributed by atoms with van der Waals surface area (Å²) < 4.78 is 0. The molecule has 1 atom stereocenters. The van der Waals surface area contributed by atoms with Crippen molar-refractivity contribution in [3.05, 3.63) is 95.1 Å². The molecule has 2 aromatic rings. The molecule has 0 fully saturated rings. The highest BCUT2D eigenvalue weighted by Crippen LogP contribution is 2.55. The SMILES string of the molecule is CC1=CC2=C(C=CC=CC2)C1(c1cccc2ccccc12)[Si](C)(C)Cl. The van der Waals surface area contributed by atoms with Crippen LogP contribution in [0, 0.1) is 0 Å².